The van der Waals surface area contributed by atoms with Gasteiger partial charge in [0.15, 0.2) is 4.34 Å². The van der Waals surface area contributed by atoms with Crippen molar-refractivity contribution in [3.05, 3.63) is 35.9 Å². The van der Waals surface area contributed by atoms with Gasteiger partial charge in [0.25, 0.3) is 0 Å². The molecule has 0 radical (unpaired) electrons. The molecule has 2 N–H and O–H groups in total. The first-order valence-electron chi connectivity index (χ1n) is 9.03. The van der Waals surface area contributed by atoms with E-state index >= 15 is 0 Å². The van der Waals surface area contributed by atoms with E-state index in [9.17, 15) is 4.79 Å². The molecule has 26 heavy (non-hydrogen) atoms. The number of nitrogens with one attached hydrogen (secondary N) is 2. The average molecular weight is 390 g/mol. The fourth-order valence-electron chi connectivity index (χ4n) is 3.06. The highest BCUT2D eigenvalue weighted by Crippen LogP contribution is 2.30. The lowest BCUT2D eigenvalue weighted by Crippen LogP contribution is -2.37. The van der Waals surface area contributed by atoms with Gasteiger partial charge in [0.2, 0.25) is 11.0 Å². The third-order valence-electron chi connectivity index (χ3n) is 4.52. The highest BCUT2D eigenvalue weighted by molar-refractivity contribution is 8.01. The number of likely N-dealkylation sites (tertiary alicyclic amines) is 1. The molecular formula is C18H23N5OS2. The molecule has 1 saturated carbocycles. The largest absolute Gasteiger partial charge is 0.357 e. The predicted molar refractivity (Wildman–Crippen MR) is 106 cm³/mol. The molecular weight excluding hydrogens is 366 g/mol. The van der Waals surface area contributed by atoms with Crippen LogP contribution in [0.15, 0.2) is 34.7 Å². The second kappa shape index (κ2) is 8.37. The van der Waals surface area contributed by atoms with E-state index in [4.69, 9.17) is 0 Å². The lowest BCUT2D eigenvalue weighted by molar-refractivity contribution is -0.119. The number of anilines is 1. The maximum absolute atomic E-state index is 12.2. The molecule has 2 heterocycles. The summed E-state index contributed by atoms with van der Waals surface area (Å²) in [5, 5.41) is 15.6. The van der Waals surface area contributed by atoms with Crippen LogP contribution in [0, 0.1) is 0 Å². The highest BCUT2D eigenvalue weighted by Gasteiger charge is 2.24. The van der Waals surface area contributed by atoms with Gasteiger partial charge in [-0.1, -0.05) is 53.4 Å². The minimum Gasteiger partial charge on any atom is -0.357 e. The maximum Gasteiger partial charge on any atom is 0.230 e. The third kappa shape index (κ3) is 5.18. The molecule has 8 heteroatoms. The van der Waals surface area contributed by atoms with Crippen molar-refractivity contribution in [3.63, 3.8) is 0 Å². The Kier molecular flexibility index (Phi) is 5.72. The van der Waals surface area contributed by atoms with Crippen molar-refractivity contribution >= 4 is 34.1 Å². The number of nitrogens with zero attached hydrogens (tertiary/aromatic N) is 3. The number of rotatable bonds is 8. The Hall–Kier alpha value is -1.64. The molecule has 138 valence electrons. The lowest BCUT2D eigenvalue weighted by atomic mass is 10.2. The molecule has 4 rings (SSSR count). The monoisotopic (exact) mass is 389 g/mol. The molecule has 1 aliphatic heterocycles. The molecule has 2 aromatic rings. The average Bonchev–Trinajstić information content (AvgIpc) is 3.16. The Balaban J connectivity index is 1.17. The zero-order valence-corrected chi connectivity index (χ0v) is 16.2. The maximum atomic E-state index is 12.2. The minimum atomic E-state index is 0.0773. The van der Waals surface area contributed by atoms with E-state index in [0.29, 0.717) is 11.8 Å². The van der Waals surface area contributed by atoms with Crippen molar-refractivity contribution < 1.29 is 4.79 Å². The van der Waals surface area contributed by atoms with Crippen LogP contribution in [-0.2, 0) is 11.3 Å². The summed E-state index contributed by atoms with van der Waals surface area (Å²) in [6.07, 6.45) is 3.44. The zero-order valence-electron chi connectivity index (χ0n) is 14.6. The molecule has 1 aliphatic carbocycles. The van der Waals surface area contributed by atoms with Crippen LogP contribution in [-0.4, -0.2) is 51.9 Å². The van der Waals surface area contributed by atoms with Gasteiger partial charge in [-0.2, -0.15) is 0 Å². The summed E-state index contributed by atoms with van der Waals surface area (Å²) >= 11 is 2.99. The first-order chi connectivity index (χ1) is 12.7. The Bertz CT molecular complexity index is 734. The summed E-state index contributed by atoms with van der Waals surface area (Å²) in [6, 6.07) is 11.3. The summed E-state index contributed by atoms with van der Waals surface area (Å²) in [5.41, 5.74) is 1.32. The van der Waals surface area contributed by atoms with E-state index in [-0.39, 0.29) is 11.9 Å². The standard InChI is InChI=1S/C18H23N5OS2/c24-16(12-25-18-22-21-17(26-18)20-14-6-7-14)19-15-8-9-23(11-15)10-13-4-2-1-3-5-13/h1-5,14-15H,6-12H2,(H,19,24)(H,20,21). The second-order valence-electron chi connectivity index (χ2n) is 6.85. The van der Waals surface area contributed by atoms with E-state index in [1.54, 1.807) is 0 Å². The molecule has 1 saturated heterocycles. The number of hydrogen-bond donors (Lipinski definition) is 2. The summed E-state index contributed by atoms with van der Waals surface area (Å²) in [6.45, 7) is 2.89. The van der Waals surface area contributed by atoms with Crippen LogP contribution in [0.25, 0.3) is 0 Å². The van der Waals surface area contributed by atoms with Crippen LogP contribution >= 0.6 is 23.1 Å². The lowest BCUT2D eigenvalue weighted by Gasteiger charge is -2.16. The zero-order chi connectivity index (χ0) is 17.8. The number of aromatic nitrogens is 2. The van der Waals surface area contributed by atoms with E-state index in [1.165, 1.54) is 41.5 Å². The normalized spacial score (nSPS) is 20.2. The van der Waals surface area contributed by atoms with Gasteiger partial charge in [0.05, 0.1) is 5.75 Å². The van der Waals surface area contributed by atoms with Crippen molar-refractivity contribution in [2.45, 2.75) is 42.2 Å². The molecule has 1 amide bonds. The molecule has 0 bridgehead atoms. The number of benzene rings is 1. The van der Waals surface area contributed by atoms with Gasteiger partial charge in [-0.05, 0) is 24.8 Å². The predicted octanol–water partition coefficient (Wildman–Crippen LogP) is 2.60. The van der Waals surface area contributed by atoms with Crippen LogP contribution < -0.4 is 10.6 Å². The van der Waals surface area contributed by atoms with Gasteiger partial charge in [-0.3, -0.25) is 9.69 Å². The number of carbonyl (C=O) groups is 1. The Labute approximate surface area is 161 Å². The van der Waals surface area contributed by atoms with Crippen molar-refractivity contribution in [2.75, 3.05) is 24.2 Å². The Morgan fingerprint density at radius 2 is 2.04 bits per heavy atom. The summed E-state index contributed by atoms with van der Waals surface area (Å²) in [5.74, 6) is 0.473. The number of carbonyl (C=O) groups excluding carboxylic acids is 1. The summed E-state index contributed by atoms with van der Waals surface area (Å²) in [7, 11) is 0. The van der Waals surface area contributed by atoms with Crippen molar-refractivity contribution in [1.29, 1.82) is 0 Å². The second-order valence-corrected chi connectivity index (χ2v) is 9.05. The third-order valence-corrected chi connectivity index (χ3v) is 6.51. The van der Waals surface area contributed by atoms with Crippen LogP contribution in [0.3, 0.4) is 0 Å². The topological polar surface area (TPSA) is 70.1 Å². The fraction of sp³-hybridized carbons (Fsp3) is 0.500. The molecule has 2 fully saturated rings. The van der Waals surface area contributed by atoms with E-state index in [0.717, 1.165) is 35.5 Å². The smallest absolute Gasteiger partial charge is 0.230 e. The van der Waals surface area contributed by atoms with Crippen LogP contribution in [0.5, 0.6) is 0 Å². The van der Waals surface area contributed by atoms with Crippen molar-refractivity contribution in [1.82, 2.24) is 20.4 Å². The van der Waals surface area contributed by atoms with Crippen LogP contribution in [0.1, 0.15) is 24.8 Å². The van der Waals surface area contributed by atoms with Crippen LogP contribution in [0.2, 0.25) is 0 Å². The molecule has 1 atom stereocenters. The molecule has 0 spiro atoms. The van der Waals surface area contributed by atoms with E-state index in [1.807, 2.05) is 6.07 Å². The number of hydrogen-bond acceptors (Lipinski definition) is 7. The minimum absolute atomic E-state index is 0.0773. The fourth-order valence-corrected chi connectivity index (χ4v) is 4.70. The van der Waals surface area contributed by atoms with Crippen molar-refractivity contribution in [3.8, 4) is 0 Å². The first-order valence-corrected chi connectivity index (χ1v) is 10.8. The molecule has 1 unspecified atom stereocenters. The van der Waals surface area contributed by atoms with E-state index < -0.39 is 0 Å². The van der Waals surface area contributed by atoms with Gasteiger partial charge in [0, 0.05) is 31.7 Å². The van der Waals surface area contributed by atoms with Gasteiger partial charge >= 0.3 is 0 Å². The van der Waals surface area contributed by atoms with Gasteiger partial charge in [-0.25, -0.2) is 0 Å². The van der Waals surface area contributed by atoms with Gasteiger partial charge < -0.3 is 10.6 Å². The molecule has 1 aromatic carbocycles. The number of amides is 1. The summed E-state index contributed by atoms with van der Waals surface area (Å²) in [4.78, 5) is 14.6. The highest BCUT2D eigenvalue weighted by atomic mass is 32.2. The van der Waals surface area contributed by atoms with Gasteiger partial charge in [-0.15, -0.1) is 10.2 Å². The Morgan fingerprint density at radius 1 is 1.19 bits per heavy atom. The van der Waals surface area contributed by atoms with E-state index in [2.05, 4.69) is 50.0 Å². The molecule has 2 aliphatic rings. The first kappa shape index (κ1) is 17.8. The quantitative estimate of drug-likeness (QED) is 0.677. The molecule has 1 aromatic heterocycles. The number of thioether (sulfide) groups is 1. The molecule has 6 nitrogen and oxygen atoms in total. The SMILES string of the molecule is O=C(CSc1nnc(NC2CC2)s1)NC1CCN(Cc2ccccc2)C1. The van der Waals surface area contributed by atoms with Gasteiger partial charge in [0.1, 0.15) is 0 Å². The summed E-state index contributed by atoms with van der Waals surface area (Å²) < 4.78 is 0.848. The van der Waals surface area contributed by atoms with Crippen LogP contribution in [0.4, 0.5) is 5.13 Å². The van der Waals surface area contributed by atoms with Crippen molar-refractivity contribution in [2.24, 2.45) is 0 Å². The Morgan fingerprint density at radius 3 is 2.85 bits per heavy atom.